The van der Waals surface area contributed by atoms with Crippen molar-refractivity contribution in [1.82, 2.24) is 20.3 Å². The quantitative estimate of drug-likeness (QED) is 0.524. The van der Waals surface area contributed by atoms with Crippen LogP contribution in [-0.2, 0) is 11.3 Å². The molecular formula is C16H20N4O3S. The Hall–Kier alpha value is -2.06. The van der Waals surface area contributed by atoms with Crippen LogP contribution in [0.5, 0.6) is 0 Å². The number of nitrogens with zero attached hydrogens (tertiary/aromatic N) is 1. The Labute approximate surface area is 144 Å². The van der Waals surface area contributed by atoms with Crippen molar-refractivity contribution in [2.75, 3.05) is 13.1 Å². The monoisotopic (exact) mass is 348 g/mol. The highest BCUT2D eigenvalue weighted by Crippen LogP contribution is 2.25. The van der Waals surface area contributed by atoms with Crippen LogP contribution in [0.2, 0.25) is 0 Å². The summed E-state index contributed by atoms with van der Waals surface area (Å²) < 4.78 is 3.13. The molecule has 2 aliphatic heterocycles. The molecule has 0 spiro atoms. The molecule has 1 aromatic carbocycles. The summed E-state index contributed by atoms with van der Waals surface area (Å²) in [5.41, 5.74) is 0.435. The van der Waals surface area contributed by atoms with E-state index < -0.39 is 17.5 Å². The molecule has 0 aliphatic carbocycles. The zero-order valence-electron chi connectivity index (χ0n) is 13.6. The van der Waals surface area contributed by atoms with Gasteiger partial charge in [-0.25, -0.2) is 4.79 Å². The van der Waals surface area contributed by atoms with Crippen LogP contribution >= 0.6 is 11.9 Å². The molecule has 0 saturated carbocycles. The normalized spacial score (nSPS) is 22.8. The van der Waals surface area contributed by atoms with Gasteiger partial charge in [-0.15, -0.1) is 0 Å². The highest BCUT2D eigenvalue weighted by Gasteiger charge is 2.48. The molecule has 1 saturated heterocycles. The lowest BCUT2D eigenvalue weighted by Gasteiger charge is -2.31. The SMILES string of the molecule is CC(C)SNCC1(CN2Cc3ccccc3C2=O)NC(=O)NC1=O. The summed E-state index contributed by atoms with van der Waals surface area (Å²) in [5.74, 6) is -0.524. The van der Waals surface area contributed by atoms with Crippen LogP contribution in [0.3, 0.4) is 0 Å². The summed E-state index contributed by atoms with van der Waals surface area (Å²) in [7, 11) is 0. The summed E-state index contributed by atoms with van der Waals surface area (Å²) in [6.07, 6.45) is 0. The Morgan fingerprint density at radius 2 is 2.04 bits per heavy atom. The second-order valence-corrected chi connectivity index (χ2v) is 7.76. The number of carbonyl (C=O) groups excluding carboxylic acids is 3. The smallest absolute Gasteiger partial charge is 0.322 e. The van der Waals surface area contributed by atoms with Crippen LogP contribution in [0.25, 0.3) is 0 Å². The summed E-state index contributed by atoms with van der Waals surface area (Å²) >= 11 is 1.48. The minimum Gasteiger partial charge on any atom is -0.331 e. The summed E-state index contributed by atoms with van der Waals surface area (Å²) in [4.78, 5) is 38.2. The third-order valence-electron chi connectivity index (χ3n) is 4.06. The minimum atomic E-state index is -1.16. The zero-order chi connectivity index (χ0) is 17.3. The number of amides is 4. The maximum Gasteiger partial charge on any atom is 0.322 e. The molecular weight excluding hydrogens is 328 g/mol. The molecule has 7 nitrogen and oxygen atoms in total. The topological polar surface area (TPSA) is 90.5 Å². The number of hydrogen-bond acceptors (Lipinski definition) is 5. The van der Waals surface area contributed by atoms with Crippen LogP contribution in [0, 0.1) is 0 Å². The Balaban J connectivity index is 1.77. The first-order valence-electron chi connectivity index (χ1n) is 7.80. The lowest BCUT2D eigenvalue weighted by Crippen LogP contribution is -2.60. The Morgan fingerprint density at radius 1 is 1.29 bits per heavy atom. The standard InChI is InChI=1S/C16H20N4O3S/c1-10(2)24-17-8-16(14(22)18-15(23)19-16)9-20-7-11-5-3-4-6-12(11)13(20)21/h3-6,10,17H,7-9H2,1-2H3,(H2,18,19,22,23). The molecule has 8 heteroatoms. The Morgan fingerprint density at radius 3 is 2.67 bits per heavy atom. The molecule has 0 aromatic heterocycles. The number of urea groups is 1. The number of rotatable bonds is 6. The molecule has 2 aliphatic rings. The van der Waals surface area contributed by atoms with Gasteiger partial charge in [-0.2, -0.15) is 0 Å². The molecule has 0 radical (unpaired) electrons. The first-order chi connectivity index (χ1) is 11.4. The van der Waals surface area contributed by atoms with E-state index in [2.05, 4.69) is 15.4 Å². The second kappa shape index (κ2) is 6.45. The molecule has 1 unspecified atom stereocenters. The average Bonchev–Trinajstić information content (AvgIpc) is 2.97. The number of carbonyl (C=O) groups is 3. The first-order valence-corrected chi connectivity index (χ1v) is 8.68. The van der Waals surface area contributed by atoms with Crippen molar-refractivity contribution < 1.29 is 14.4 Å². The lowest BCUT2D eigenvalue weighted by molar-refractivity contribution is -0.124. The number of imide groups is 1. The molecule has 128 valence electrons. The molecule has 24 heavy (non-hydrogen) atoms. The molecule has 3 rings (SSSR count). The van der Waals surface area contributed by atoms with Crippen LogP contribution in [-0.4, -0.2) is 46.6 Å². The summed E-state index contributed by atoms with van der Waals surface area (Å²) in [6, 6.07) is 6.86. The van der Waals surface area contributed by atoms with E-state index in [0.29, 0.717) is 17.4 Å². The molecule has 2 heterocycles. The number of benzene rings is 1. The van der Waals surface area contributed by atoms with Crippen molar-refractivity contribution in [1.29, 1.82) is 0 Å². The fraction of sp³-hybridized carbons (Fsp3) is 0.438. The third kappa shape index (κ3) is 3.11. The van der Waals surface area contributed by atoms with Gasteiger partial charge >= 0.3 is 6.03 Å². The molecule has 3 N–H and O–H groups in total. The summed E-state index contributed by atoms with van der Waals surface area (Å²) in [5, 5.41) is 5.31. The van der Waals surface area contributed by atoms with Gasteiger partial charge in [0.15, 0.2) is 5.54 Å². The van der Waals surface area contributed by atoms with E-state index in [1.54, 1.807) is 11.0 Å². The number of fused-ring (bicyclic) bond motifs is 1. The molecule has 4 amide bonds. The van der Waals surface area contributed by atoms with E-state index in [9.17, 15) is 14.4 Å². The van der Waals surface area contributed by atoms with Crippen molar-refractivity contribution in [3.8, 4) is 0 Å². The summed E-state index contributed by atoms with van der Waals surface area (Å²) in [6.45, 7) is 4.87. The molecule has 0 bridgehead atoms. The van der Waals surface area contributed by atoms with E-state index in [0.717, 1.165) is 5.56 Å². The third-order valence-corrected chi connectivity index (χ3v) is 4.85. The highest BCUT2D eigenvalue weighted by molar-refractivity contribution is 7.97. The average molecular weight is 348 g/mol. The van der Waals surface area contributed by atoms with Crippen molar-refractivity contribution in [2.24, 2.45) is 0 Å². The van der Waals surface area contributed by atoms with Gasteiger partial charge in [0.2, 0.25) is 0 Å². The Bertz CT molecular complexity index is 694. The van der Waals surface area contributed by atoms with Crippen LogP contribution in [0.15, 0.2) is 24.3 Å². The van der Waals surface area contributed by atoms with E-state index in [-0.39, 0.29) is 19.0 Å². The van der Waals surface area contributed by atoms with Crippen molar-refractivity contribution in [2.45, 2.75) is 31.2 Å². The predicted octanol–water partition coefficient (Wildman–Crippen LogP) is 0.867. The Kier molecular flexibility index (Phi) is 4.51. The van der Waals surface area contributed by atoms with Crippen molar-refractivity contribution in [3.63, 3.8) is 0 Å². The lowest BCUT2D eigenvalue weighted by atomic mass is 9.99. The fourth-order valence-electron chi connectivity index (χ4n) is 2.92. The van der Waals surface area contributed by atoms with Gasteiger partial charge in [-0.1, -0.05) is 44.0 Å². The second-order valence-electron chi connectivity index (χ2n) is 6.30. The van der Waals surface area contributed by atoms with Gasteiger partial charge in [-0.3, -0.25) is 19.6 Å². The molecule has 1 aromatic rings. The fourth-order valence-corrected chi connectivity index (χ4v) is 3.58. The van der Waals surface area contributed by atoms with Crippen molar-refractivity contribution >= 4 is 29.8 Å². The zero-order valence-corrected chi connectivity index (χ0v) is 14.4. The van der Waals surface area contributed by atoms with E-state index in [4.69, 9.17) is 0 Å². The van der Waals surface area contributed by atoms with Gasteiger partial charge in [0.1, 0.15) is 0 Å². The van der Waals surface area contributed by atoms with Crippen LogP contribution in [0.1, 0.15) is 29.8 Å². The first kappa shape index (κ1) is 16.8. The van der Waals surface area contributed by atoms with Gasteiger partial charge in [-0.05, 0) is 11.6 Å². The van der Waals surface area contributed by atoms with Crippen molar-refractivity contribution in [3.05, 3.63) is 35.4 Å². The number of hydrogen-bond donors (Lipinski definition) is 3. The maximum atomic E-state index is 12.6. The molecule has 1 fully saturated rings. The molecule has 1 atom stereocenters. The highest BCUT2D eigenvalue weighted by atomic mass is 32.2. The van der Waals surface area contributed by atoms with Crippen LogP contribution < -0.4 is 15.4 Å². The van der Waals surface area contributed by atoms with Gasteiger partial charge < -0.3 is 10.2 Å². The minimum absolute atomic E-state index is 0.115. The maximum absolute atomic E-state index is 12.6. The van der Waals surface area contributed by atoms with Gasteiger partial charge in [0, 0.05) is 23.9 Å². The van der Waals surface area contributed by atoms with Gasteiger partial charge in [0.05, 0.1) is 6.54 Å². The van der Waals surface area contributed by atoms with Crippen LogP contribution in [0.4, 0.5) is 4.79 Å². The van der Waals surface area contributed by atoms with Gasteiger partial charge in [0.25, 0.3) is 11.8 Å². The largest absolute Gasteiger partial charge is 0.331 e. The number of nitrogens with one attached hydrogen (secondary N) is 3. The van der Waals surface area contributed by atoms with E-state index in [1.807, 2.05) is 32.0 Å². The van der Waals surface area contributed by atoms with E-state index in [1.165, 1.54) is 11.9 Å². The van der Waals surface area contributed by atoms with E-state index >= 15 is 0 Å². The predicted molar refractivity (Wildman–Crippen MR) is 91.3 cm³/mol.